The zero-order valence-corrected chi connectivity index (χ0v) is 22.4. The molecule has 38 heavy (non-hydrogen) atoms. The zero-order chi connectivity index (χ0) is 27.4. The van der Waals surface area contributed by atoms with E-state index in [4.69, 9.17) is 9.47 Å². The summed E-state index contributed by atoms with van der Waals surface area (Å²) in [6.07, 6.45) is -0.949. The van der Waals surface area contributed by atoms with Crippen molar-refractivity contribution in [2.45, 2.75) is 50.2 Å². The summed E-state index contributed by atoms with van der Waals surface area (Å²) in [6.45, 7) is 5.58. The first-order chi connectivity index (χ1) is 18.0. The number of carbonyl (C=O) groups is 2. The van der Waals surface area contributed by atoms with Crippen LogP contribution in [0.2, 0.25) is 18.6 Å². The molecule has 0 saturated carbocycles. The number of amides is 2. The first kappa shape index (κ1) is 26.3. The van der Waals surface area contributed by atoms with Crippen molar-refractivity contribution < 1.29 is 33.2 Å². The highest BCUT2D eigenvalue weighted by Gasteiger charge is 2.66. The Kier molecular flexibility index (Phi) is 6.52. The zero-order valence-electron chi connectivity index (χ0n) is 21.4. The predicted octanol–water partition coefficient (Wildman–Crippen LogP) is 4.26. The van der Waals surface area contributed by atoms with Gasteiger partial charge in [-0.15, -0.1) is 0 Å². The topological polar surface area (TPSA) is 122 Å². The molecule has 12 heteroatoms. The van der Waals surface area contributed by atoms with E-state index in [-0.39, 0.29) is 25.3 Å². The minimum Gasteiger partial charge on any atom is -0.447 e. The highest BCUT2D eigenvalue weighted by atomic mass is 28.4. The molecule has 3 heterocycles. The Labute approximate surface area is 220 Å². The van der Waals surface area contributed by atoms with Crippen molar-refractivity contribution in [2.24, 2.45) is 5.92 Å². The van der Waals surface area contributed by atoms with E-state index in [2.05, 4.69) is 0 Å². The number of aliphatic hydroxyl groups excluding tert-OH is 1. The smallest absolute Gasteiger partial charge is 0.414 e. The average molecular weight is 544 g/mol. The van der Waals surface area contributed by atoms with Crippen LogP contribution in [0.4, 0.5) is 26.0 Å². The third-order valence-electron chi connectivity index (χ3n) is 7.92. The Balaban J connectivity index is 1.54. The highest BCUT2D eigenvalue weighted by Crippen LogP contribution is 2.60. The van der Waals surface area contributed by atoms with Crippen molar-refractivity contribution >= 4 is 37.5 Å². The maximum Gasteiger partial charge on any atom is 0.414 e. The summed E-state index contributed by atoms with van der Waals surface area (Å²) < 4.78 is 27.0. The first-order valence-corrected chi connectivity index (χ1v) is 15.6. The van der Waals surface area contributed by atoms with Crippen molar-refractivity contribution in [3.8, 4) is 0 Å². The number of nitrogens with zero attached hydrogens (tertiary/aromatic N) is 3. The van der Waals surface area contributed by atoms with E-state index < -0.39 is 48.5 Å². The number of carbonyl (C=O) groups excluding carboxylic acids is 2. The lowest BCUT2D eigenvalue weighted by Crippen LogP contribution is -2.45. The van der Waals surface area contributed by atoms with Gasteiger partial charge in [0.2, 0.25) is 8.41 Å². The predicted molar refractivity (Wildman–Crippen MR) is 139 cm³/mol. The largest absolute Gasteiger partial charge is 0.447 e. The van der Waals surface area contributed by atoms with Crippen LogP contribution in [0.15, 0.2) is 42.5 Å². The Morgan fingerprint density at radius 1 is 1.21 bits per heavy atom. The van der Waals surface area contributed by atoms with Gasteiger partial charge in [-0.2, -0.15) is 0 Å². The molecule has 2 aromatic rings. The van der Waals surface area contributed by atoms with Gasteiger partial charge in [0.1, 0.15) is 6.61 Å². The summed E-state index contributed by atoms with van der Waals surface area (Å²) in [4.78, 5) is 40.3. The lowest BCUT2D eigenvalue weighted by molar-refractivity contribution is -0.385. The number of ether oxygens (including phenoxy) is 2. The van der Waals surface area contributed by atoms with Gasteiger partial charge in [-0.05, 0) is 43.3 Å². The van der Waals surface area contributed by atoms with Gasteiger partial charge in [-0.25, -0.2) is 4.79 Å². The van der Waals surface area contributed by atoms with Gasteiger partial charge in [0, 0.05) is 41.4 Å². The summed E-state index contributed by atoms with van der Waals surface area (Å²) in [7, 11) is -3.37. The molecular formula is C26H30FN3O7Si. The van der Waals surface area contributed by atoms with Gasteiger partial charge < -0.3 is 23.6 Å². The fourth-order valence-corrected chi connectivity index (χ4v) is 8.84. The van der Waals surface area contributed by atoms with Gasteiger partial charge in [0.25, 0.3) is 11.6 Å². The molecule has 2 aromatic carbocycles. The monoisotopic (exact) mass is 543 g/mol. The van der Waals surface area contributed by atoms with Crippen molar-refractivity contribution in [3.63, 3.8) is 0 Å². The maximum atomic E-state index is 15.6. The van der Waals surface area contributed by atoms with Crippen LogP contribution in [0.25, 0.3) is 0 Å². The molecule has 10 nitrogen and oxygen atoms in total. The van der Waals surface area contributed by atoms with Crippen LogP contribution in [-0.2, 0) is 26.4 Å². The van der Waals surface area contributed by atoms with Gasteiger partial charge in [-0.3, -0.25) is 19.8 Å². The summed E-state index contributed by atoms with van der Waals surface area (Å²) >= 11 is 0. The maximum absolute atomic E-state index is 15.6. The number of non-ortho nitro benzene ring substituents is 1. The second-order valence-corrected chi connectivity index (χ2v) is 14.4. The number of halogens is 1. The lowest BCUT2D eigenvalue weighted by atomic mass is 9.82. The standard InChI is InChI=1S/C26H30FN3O7Si/c1-16-23(38(2,3)27)22(10-12-31)37-26(16)20-14-19(30(34)35)8-9-21(20)29(24(26)32)15-17-4-6-18(7-5-17)28-11-13-36-25(28)33/h4-9,14,16,22-23,31H,10-13,15H2,1-3H3/t16-,22+,23-,26+/m1/s1. The molecule has 4 atom stereocenters. The van der Waals surface area contributed by atoms with Crippen LogP contribution in [-0.4, -0.2) is 56.3 Å². The molecule has 1 N–H and O–H groups in total. The molecule has 5 rings (SSSR count). The molecule has 2 amide bonds. The Morgan fingerprint density at radius 2 is 1.92 bits per heavy atom. The van der Waals surface area contributed by atoms with E-state index in [1.54, 1.807) is 44.3 Å². The number of rotatable bonds is 7. The first-order valence-electron chi connectivity index (χ1n) is 12.6. The lowest BCUT2D eigenvalue weighted by Gasteiger charge is -2.31. The van der Waals surface area contributed by atoms with Gasteiger partial charge in [0.15, 0.2) is 5.60 Å². The minimum absolute atomic E-state index is 0.151. The molecule has 1 spiro atoms. The van der Waals surface area contributed by atoms with E-state index in [0.717, 1.165) is 5.56 Å². The number of hydrogen-bond donors (Lipinski definition) is 1. The molecule has 0 aromatic heterocycles. The molecule has 3 aliphatic rings. The molecule has 2 saturated heterocycles. The number of aliphatic hydroxyl groups is 1. The van der Waals surface area contributed by atoms with E-state index in [1.807, 2.05) is 0 Å². The van der Waals surface area contributed by atoms with Crippen molar-refractivity contribution in [1.82, 2.24) is 0 Å². The quantitative estimate of drug-likeness (QED) is 0.240. The Morgan fingerprint density at radius 3 is 2.50 bits per heavy atom. The average Bonchev–Trinajstić information content (AvgIpc) is 3.49. The third kappa shape index (κ3) is 4.07. The number of cyclic esters (lactones) is 1. The molecule has 0 bridgehead atoms. The number of anilines is 2. The van der Waals surface area contributed by atoms with E-state index in [0.29, 0.717) is 30.1 Å². The third-order valence-corrected chi connectivity index (χ3v) is 10.4. The highest BCUT2D eigenvalue weighted by molar-refractivity contribution is 6.72. The molecule has 0 radical (unpaired) electrons. The molecule has 3 aliphatic heterocycles. The second kappa shape index (κ2) is 9.44. The Hall–Kier alpha value is -3.35. The van der Waals surface area contributed by atoms with E-state index in [9.17, 15) is 24.8 Å². The number of benzene rings is 2. The van der Waals surface area contributed by atoms with Crippen molar-refractivity contribution in [2.75, 3.05) is 29.6 Å². The van der Waals surface area contributed by atoms with E-state index >= 15 is 4.11 Å². The SMILES string of the molecule is C[C@@H]1[C@@H]([Si](C)(C)F)[C@H](CCO)O[C@@]12C(=O)N(Cc1ccc(N3CCOC3=O)cc1)c1ccc([N+](=O)[O-])cc12. The van der Waals surface area contributed by atoms with Crippen LogP contribution >= 0.6 is 0 Å². The summed E-state index contributed by atoms with van der Waals surface area (Å²) in [5.74, 6) is -1.01. The van der Waals surface area contributed by atoms with Gasteiger partial charge in [-0.1, -0.05) is 19.1 Å². The molecule has 0 unspecified atom stereocenters. The van der Waals surface area contributed by atoms with E-state index in [1.165, 1.54) is 28.0 Å². The van der Waals surface area contributed by atoms with Crippen molar-refractivity contribution in [1.29, 1.82) is 0 Å². The number of fused-ring (bicyclic) bond motifs is 2. The Bertz CT molecular complexity index is 1280. The van der Waals surface area contributed by atoms with Gasteiger partial charge in [0.05, 0.1) is 29.8 Å². The van der Waals surface area contributed by atoms with Gasteiger partial charge >= 0.3 is 6.09 Å². The normalized spacial score (nSPS) is 26.8. The number of hydrogen-bond acceptors (Lipinski definition) is 7. The fourth-order valence-electron chi connectivity index (χ4n) is 6.29. The number of nitro benzene ring substituents is 1. The van der Waals surface area contributed by atoms with Crippen LogP contribution < -0.4 is 9.80 Å². The van der Waals surface area contributed by atoms with Crippen molar-refractivity contribution in [3.05, 3.63) is 63.7 Å². The summed E-state index contributed by atoms with van der Waals surface area (Å²) in [6, 6.07) is 11.4. The molecule has 202 valence electrons. The van der Waals surface area contributed by atoms with Crippen LogP contribution in [0, 0.1) is 16.0 Å². The summed E-state index contributed by atoms with van der Waals surface area (Å²) in [5.41, 5.74) is -0.105. The molecular weight excluding hydrogens is 513 g/mol. The second-order valence-electron chi connectivity index (χ2n) is 10.6. The molecule has 2 fully saturated rings. The molecule has 0 aliphatic carbocycles. The van der Waals surface area contributed by atoms with Crippen LogP contribution in [0.3, 0.4) is 0 Å². The number of nitro groups is 1. The minimum atomic E-state index is -3.37. The van der Waals surface area contributed by atoms with Crippen LogP contribution in [0.5, 0.6) is 0 Å². The van der Waals surface area contributed by atoms with Crippen LogP contribution in [0.1, 0.15) is 24.5 Å². The fraction of sp³-hybridized carbons (Fsp3) is 0.462. The summed E-state index contributed by atoms with van der Waals surface area (Å²) in [5, 5.41) is 21.3.